The number of hydrogen-bond donors (Lipinski definition) is 2. The maximum Gasteiger partial charge on any atom is 0.224 e. The van der Waals surface area contributed by atoms with Crippen molar-refractivity contribution in [1.82, 2.24) is 10.6 Å². The standard InChI is InChI=1S/C14H19FN2O/c1-9-3-4-11(5-13(9)15)7-17-14(18)12-8-16-6-10(12)2/h3-5,10,12,16H,6-8H2,1-2H3,(H,17,18). The first-order valence-electron chi connectivity index (χ1n) is 6.31. The summed E-state index contributed by atoms with van der Waals surface area (Å²) < 4.78 is 13.3. The topological polar surface area (TPSA) is 41.1 Å². The van der Waals surface area contributed by atoms with Gasteiger partial charge >= 0.3 is 0 Å². The van der Waals surface area contributed by atoms with Gasteiger partial charge in [-0.15, -0.1) is 0 Å². The molecule has 4 heteroatoms. The van der Waals surface area contributed by atoms with Gasteiger partial charge in [0.15, 0.2) is 0 Å². The van der Waals surface area contributed by atoms with Crippen molar-refractivity contribution in [3.05, 3.63) is 35.1 Å². The van der Waals surface area contributed by atoms with E-state index in [0.717, 1.165) is 18.7 Å². The largest absolute Gasteiger partial charge is 0.352 e. The molecule has 0 aliphatic carbocycles. The number of carbonyl (C=O) groups excluding carboxylic acids is 1. The van der Waals surface area contributed by atoms with Gasteiger partial charge in [0.25, 0.3) is 0 Å². The summed E-state index contributed by atoms with van der Waals surface area (Å²) in [7, 11) is 0. The first kappa shape index (κ1) is 13.0. The zero-order valence-corrected chi connectivity index (χ0v) is 10.8. The van der Waals surface area contributed by atoms with Gasteiger partial charge < -0.3 is 10.6 Å². The van der Waals surface area contributed by atoms with Crippen molar-refractivity contribution in [2.75, 3.05) is 13.1 Å². The minimum atomic E-state index is -0.224. The Bertz CT molecular complexity index is 447. The van der Waals surface area contributed by atoms with E-state index in [2.05, 4.69) is 17.6 Å². The third-order valence-electron chi connectivity index (χ3n) is 3.56. The monoisotopic (exact) mass is 250 g/mol. The lowest BCUT2D eigenvalue weighted by molar-refractivity contribution is -0.125. The summed E-state index contributed by atoms with van der Waals surface area (Å²) in [6, 6.07) is 5.05. The Morgan fingerprint density at radius 2 is 2.28 bits per heavy atom. The highest BCUT2D eigenvalue weighted by atomic mass is 19.1. The van der Waals surface area contributed by atoms with Crippen LogP contribution in [0.4, 0.5) is 4.39 Å². The Morgan fingerprint density at radius 1 is 1.50 bits per heavy atom. The van der Waals surface area contributed by atoms with Crippen molar-refractivity contribution >= 4 is 5.91 Å². The average Bonchev–Trinajstić information content (AvgIpc) is 2.77. The Balaban J connectivity index is 1.91. The molecule has 98 valence electrons. The number of aryl methyl sites for hydroxylation is 1. The Morgan fingerprint density at radius 3 is 2.89 bits per heavy atom. The van der Waals surface area contributed by atoms with E-state index in [9.17, 15) is 9.18 Å². The molecule has 0 bridgehead atoms. The molecule has 2 unspecified atom stereocenters. The lowest BCUT2D eigenvalue weighted by atomic mass is 9.97. The molecule has 1 aliphatic rings. The molecule has 2 atom stereocenters. The summed E-state index contributed by atoms with van der Waals surface area (Å²) in [4.78, 5) is 11.9. The summed E-state index contributed by atoms with van der Waals surface area (Å²) in [5.74, 6) is 0.214. The molecule has 0 aromatic heterocycles. The van der Waals surface area contributed by atoms with Crippen LogP contribution in [0, 0.1) is 24.6 Å². The van der Waals surface area contributed by atoms with E-state index >= 15 is 0 Å². The van der Waals surface area contributed by atoms with Crippen LogP contribution in [0.15, 0.2) is 18.2 Å². The van der Waals surface area contributed by atoms with Crippen LogP contribution in [0.25, 0.3) is 0 Å². The maximum atomic E-state index is 13.3. The summed E-state index contributed by atoms with van der Waals surface area (Å²) in [5, 5.41) is 6.07. The number of nitrogens with one attached hydrogen (secondary N) is 2. The molecule has 1 heterocycles. The molecule has 1 saturated heterocycles. The quantitative estimate of drug-likeness (QED) is 0.855. The summed E-state index contributed by atoms with van der Waals surface area (Å²) in [6.07, 6.45) is 0. The van der Waals surface area contributed by atoms with Crippen LogP contribution in [0.1, 0.15) is 18.1 Å². The zero-order chi connectivity index (χ0) is 13.1. The third kappa shape index (κ3) is 2.88. The van der Waals surface area contributed by atoms with E-state index in [1.54, 1.807) is 13.0 Å². The maximum absolute atomic E-state index is 13.3. The average molecular weight is 250 g/mol. The summed E-state index contributed by atoms with van der Waals surface area (Å²) >= 11 is 0. The van der Waals surface area contributed by atoms with Gasteiger partial charge in [0.05, 0.1) is 5.92 Å². The van der Waals surface area contributed by atoms with Crippen LogP contribution >= 0.6 is 0 Å². The molecule has 18 heavy (non-hydrogen) atoms. The normalized spacial score (nSPS) is 23.1. The highest BCUT2D eigenvalue weighted by molar-refractivity contribution is 5.79. The van der Waals surface area contributed by atoms with Gasteiger partial charge in [-0.25, -0.2) is 4.39 Å². The van der Waals surface area contributed by atoms with Gasteiger partial charge in [-0.3, -0.25) is 4.79 Å². The van der Waals surface area contributed by atoms with Crippen LogP contribution in [0.2, 0.25) is 0 Å². The van der Waals surface area contributed by atoms with Crippen molar-refractivity contribution in [3.63, 3.8) is 0 Å². The number of amides is 1. The highest BCUT2D eigenvalue weighted by Gasteiger charge is 2.29. The minimum absolute atomic E-state index is 0.0281. The molecule has 1 aromatic carbocycles. The molecular formula is C14H19FN2O. The van der Waals surface area contributed by atoms with Gasteiger partial charge in [0.2, 0.25) is 5.91 Å². The second-order valence-corrected chi connectivity index (χ2v) is 5.04. The van der Waals surface area contributed by atoms with Crippen LogP contribution in [-0.4, -0.2) is 19.0 Å². The number of carbonyl (C=O) groups is 1. The molecule has 0 saturated carbocycles. The number of rotatable bonds is 3. The second-order valence-electron chi connectivity index (χ2n) is 5.04. The van der Waals surface area contributed by atoms with Crippen LogP contribution in [0.5, 0.6) is 0 Å². The highest BCUT2D eigenvalue weighted by Crippen LogP contribution is 2.16. The van der Waals surface area contributed by atoms with Gasteiger partial charge in [0.1, 0.15) is 5.82 Å². The van der Waals surface area contributed by atoms with E-state index in [-0.39, 0.29) is 17.6 Å². The van der Waals surface area contributed by atoms with Gasteiger partial charge in [0, 0.05) is 13.1 Å². The van der Waals surface area contributed by atoms with Crippen LogP contribution < -0.4 is 10.6 Å². The summed E-state index contributed by atoms with van der Waals surface area (Å²) in [5.41, 5.74) is 1.42. The summed E-state index contributed by atoms with van der Waals surface area (Å²) in [6.45, 7) is 5.80. The van der Waals surface area contributed by atoms with Crippen molar-refractivity contribution in [1.29, 1.82) is 0 Å². The van der Waals surface area contributed by atoms with E-state index in [1.165, 1.54) is 6.07 Å². The molecule has 2 rings (SSSR count). The lowest BCUT2D eigenvalue weighted by Gasteiger charge is -2.14. The predicted octanol–water partition coefficient (Wildman–Crippen LogP) is 1.61. The van der Waals surface area contributed by atoms with Gasteiger partial charge in [-0.05, 0) is 36.6 Å². The SMILES string of the molecule is Cc1ccc(CNC(=O)C2CNCC2C)cc1F. The zero-order valence-electron chi connectivity index (χ0n) is 10.8. The van der Waals surface area contributed by atoms with Gasteiger partial charge in [-0.1, -0.05) is 19.1 Å². The molecule has 0 spiro atoms. The van der Waals surface area contributed by atoms with E-state index in [4.69, 9.17) is 0 Å². The lowest BCUT2D eigenvalue weighted by Crippen LogP contribution is -2.33. The fraction of sp³-hybridized carbons (Fsp3) is 0.500. The molecule has 3 nitrogen and oxygen atoms in total. The van der Waals surface area contributed by atoms with Crippen molar-refractivity contribution < 1.29 is 9.18 Å². The molecule has 1 aromatic rings. The Hall–Kier alpha value is -1.42. The molecule has 1 aliphatic heterocycles. The minimum Gasteiger partial charge on any atom is -0.352 e. The number of halogens is 1. The van der Waals surface area contributed by atoms with E-state index < -0.39 is 0 Å². The van der Waals surface area contributed by atoms with Crippen molar-refractivity contribution in [3.8, 4) is 0 Å². The molecular weight excluding hydrogens is 231 g/mol. The van der Waals surface area contributed by atoms with Crippen LogP contribution in [0.3, 0.4) is 0 Å². The molecule has 2 N–H and O–H groups in total. The predicted molar refractivity (Wildman–Crippen MR) is 68.5 cm³/mol. The van der Waals surface area contributed by atoms with Gasteiger partial charge in [-0.2, -0.15) is 0 Å². The first-order chi connectivity index (χ1) is 8.58. The third-order valence-corrected chi connectivity index (χ3v) is 3.56. The fourth-order valence-corrected chi connectivity index (χ4v) is 2.23. The van der Waals surface area contributed by atoms with Crippen molar-refractivity contribution in [2.45, 2.75) is 20.4 Å². The second kappa shape index (κ2) is 5.48. The fourth-order valence-electron chi connectivity index (χ4n) is 2.23. The number of hydrogen-bond acceptors (Lipinski definition) is 2. The molecule has 1 fully saturated rings. The smallest absolute Gasteiger partial charge is 0.224 e. The van der Waals surface area contributed by atoms with E-state index in [0.29, 0.717) is 18.0 Å². The number of benzene rings is 1. The molecule has 1 amide bonds. The first-order valence-corrected chi connectivity index (χ1v) is 6.31. The Kier molecular flexibility index (Phi) is 3.97. The van der Waals surface area contributed by atoms with Crippen molar-refractivity contribution in [2.24, 2.45) is 11.8 Å². The van der Waals surface area contributed by atoms with E-state index in [1.807, 2.05) is 6.07 Å². The Labute approximate surface area is 107 Å². The van der Waals surface area contributed by atoms with Crippen LogP contribution in [-0.2, 0) is 11.3 Å². The molecule has 0 radical (unpaired) electrons.